The SMILES string of the molecule is NN(C(=O)c1ccccc1Br)c1ccccc1. The predicted molar refractivity (Wildman–Crippen MR) is 71.6 cm³/mol. The van der Waals surface area contributed by atoms with Crippen molar-refractivity contribution in [3.05, 3.63) is 64.6 Å². The van der Waals surface area contributed by atoms with Crippen LogP contribution in [0.25, 0.3) is 0 Å². The van der Waals surface area contributed by atoms with Crippen LogP contribution in [-0.2, 0) is 0 Å². The number of para-hydroxylation sites is 1. The zero-order valence-corrected chi connectivity index (χ0v) is 10.6. The molecule has 0 aliphatic heterocycles. The largest absolute Gasteiger partial charge is 0.273 e. The van der Waals surface area contributed by atoms with Crippen LogP contribution in [0, 0.1) is 0 Å². The third-order valence-corrected chi connectivity index (χ3v) is 3.05. The van der Waals surface area contributed by atoms with E-state index >= 15 is 0 Å². The summed E-state index contributed by atoms with van der Waals surface area (Å²) in [5.41, 5.74) is 1.20. The molecule has 0 radical (unpaired) electrons. The van der Waals surface area contributed by atoms with Crippen LogP contribution in [0.4, 0.5) is 5.69 Å². The minimum atomic E-state index is -0.247. The zero-order chi connectivity index (χ0) is 12.3. The van der Waals surface area contributed by atoms with Gasteiger partial charge in [-0.15, -0.1) is 0 Å². The monoisotopic (exact) mass is 290 g/mol. The van der Waals surface area contributed by atoms with E-state index in [9.17, 15) is 4.79 Å². The molecular weight excluding hydrogens is 280 g/mol. The fourth-order valence-electron chi connectivity index (χ4n) is 1.47. The van der Waals surface area contributed by atoms with Gasteiger partial charge in [-0.1, -0.05) is 30.3 Å². The molecule has 0 spiro atoms. The number of hydrogen-bond acceptors (Lipinski definition) is 2. The fourth-order valence-corrected chi connectivity index (χ4v) is 1.92. The van der Waals surface area contributed by atoms with Crippen molar-refractivity contribution in [2.45, 2.75) is 0 Å². The molecule has 2 N–H and O–H groups in total. The first-order valence-electron chi connectivity index (χ1n) is 5.09. The van der Waals surface area contributed by atoms with E-state index in [1.54, 1.807) is 24.3 Å². The Morgan fingerprint density at radius 3 is 2.24 bits per heavy atom. The second-order valence-corrected chi connectivity index (χ2v) is 4.34. The van der Waals surface area contributed by atoms with Gasteiger partial charge < -0.3 is 0 Å². The first kappa shape index (κ1) is 11.8. The number of anilines is 1. The molecule has 0 saturated carbocycles. The van der Waals surface area contributed by atoms with Crippen LogP contribution >= 0.6 is 15.9 Å². The van der Waals surface area contributed by atoms with E-state index in [-0.39, 0.29) is 5.91 Å². The van der Waals surface area contributed by atoms with Crippen LogP contribution in [0.15, 0.2) is 59.1 Å². The number of carbonyl (C=O) groups excluding carboxylic acids is 1. The maximum absolute atomic E-state index is 12.1. The van der Waals surface area contributed by atoms with Gasteiger partial charge in [0.05, 0.1) is 11.3 Å². The summed E-state index contributed by atoms with van der Waals surface area (Å²) in [5.74, 6) is 5.56. The van der Waals surface area contributed by atoms with Gasteiger partial charge in [-0.25, -0.2) is 10.9 Å². The Labute approximate surface area is 108 Å². The zero-order valence-electron chi connectivity index (χ0n) is 9.01. The summed E-state index contributed by atoms with van der Waals surface area (Å²) in [4.78, 5) is 12.1. The maximum atomic E-state index is 12.1. The van der Waals surface area contributed by atoms with Gasteiger partial charge in [0.2, 0.25) is 0 Å². The van der Waals surface area contributed by atoms with Crippen molar-refractivity contribution >= 4 is 27.5 Å². The average molecular weight is 291 g/mol. The van der Waals surface area contributed by atoms with Gasteiger partial charge in [0.15, 0.2) is 0 Å². The maximum Gasteiger partial charge on any atom is 0.273 e. The lowest BCUT2D eigenvalue weighted by molar-refractivity contribution is 0.0986. The van der Waals surface area contributed by atoms with E-state index in [1.165, 1.54) is 0 Å². The summed E-state index contributed by atoms with van der Waals surface area (Å²) in [6, 6.07) is 16.3. The third-order valence-electron chi connectivity index (χ3n) is 2.36. The highest BCUT2D eigenvalue weighted by Gasteiger charge is 2.15. The summed E-state index contributed by atoms with van der Waals surface area (Å²) >= 11 is 3.33. The summed E-state index contributed by atoms with van der Waals surface area (Å²) in [5, 5.41) is 1.14. The van der Waals surface area contributed by atoms with Crippen LogP contribution in [0.5, 0.6) is 0 Å². The first-order chi connectivity index (χ1) is 8.20. The quantitative estimate of drug-likeness (QED) is 0.525. The second kappa shape index (κ2) is 5.12. The van der Waals surface area contributed by atoms with Gasteiger partial charge >= 0.3 is 0 Å². The van der Waals surface area contributed by atoms with Crippen molar-refractivity contribution in [1.29, 1.82) is 0 Å². The summed E-state index contributed by atoms with van der Waals surface area (Å²) < 4.78 is 0.733. The Morgan fingerprint density at radius 1 is 1.00 bits per heavy atom. The normalized spacial score (nSPS) is 10.0. The molecule has 3 nitrogen and oxygen atoms in total. The highest BCUT2D eigenvalue weighted by molar-refractivity contribution is 9.10. The topological polar surface area (TPSA) is 46.3 Å². The number of hydrogen-bond donors (Lipinski definition) is 1. The Morgan fingerprint density at radius 2 is 1.59 bits per heavy atom. The molecule has 0 fully saturated rings. The highest BCUT2D eigenvalue weighted by atomic mass is 79.9. The molecule has 2 aromatic rings. The van der Waals surface area contributed by atoms with Crippen molar-refractivity contribution in [2.24, 2.45) is 5.84 Å². The van der Waals surface area contributed by atoms with Gasteiger partial charge in [0.1, 0.15) is 0 Å². The molecule has 0 aliphatic carbocycles. The van der Waals surface area contributed by atoms with E-state index in [2.05, 4.69) is 15.9 Å². The number of nitrogens with zero attached hydrogens (tertiary/aromatic N) is 1. The van der Waals surface area contributed by atoms with Crippen molar-refractivity contribution < 1.29 is 4.79 Å². The Bertz CT molecular complexity index is 528. The van der Waals surface area contributed by atoms with Crippen LogP contribution in [0.3, 0.4) is 0 Å². The van der Waals surface area contributed by atoms with Crippen LogP contribution < -0.4 is 10.9 Å². The summed E-state index contributed by atoms with van der Waals surface area (Å²) in [6.45, 7) is 0. The predicted octanol–water partition coefficient (Wildman–Crippen LogP) is 2.97. The lowest BCUT2D eigenvalue weighted by atomic mass is 10.2. The van der Waals surface area contributed by atoms with E-state index in [0.717, 1.165) is 9.48 Å². The second-order valence-electron chi connectivity index (χ2n) is 3.49. The summed E-state index contributed by atoms with van der Waals surface area (Å²) in [6.07, 6.45) is 0. The van der Waals surface area contributed by atoms with Gasteiger partial charge in [0.25, 0.3) is 5.91 Å². The first-order valence-corrected chi connectivity index (χ1v) is 5.88. The third kappa shape index (κ3) is 2.54. The number of amides is 1. The van der Waals surface area contributed by atoms with Gasteiger partial charge in [0, 0.05) is 4.47 Å². The lowest BCUT2D eigenvalue weighted by Gasteiger charge is -2.17. The number of benzene rings is 2. The molecule has 4 heteroatoms. The van der Waals surface area contributed by atoms with Crippen molar-refractivity contribution in [2.75, 3.05) is 5.01 Å². The van der Waals surface area contributed by atoms with Gasteiger partial charge in [-0.05, 0) is 40.2 Å². The molecule has 86 valence electrons. The van der Waals surface area contributed by atoms with Crippen LogP contribution in [0.1, 0.15) is 10.4 Å². The number of carbonyl (C=O) groups is 1. The molecule has 2 aromatic carbocycles. The molecule has 0 aromatic heterocycles. The number of rotatable bonds is 2. The minimum absolute atomic E-state index is 0.247. The number of halogens is 1. The molecule has 0 aliphatic rings. The molecule has 0 bridgehead atoms. The van der Waals surface area contributed by atoms with E-state index in [4.69, 9.17) is 5.84 Å². The number of hydrazine groups is 1. The smallest absolute Gasteiger partial charge is 0.267 e. The fraction of sp³-hybridized carbons (Fsp3) is 0. The Kier molecular flexibility index (Phi) is 3.56. The molecule has 0 atom stereocenters. The standard InChI is InChI=1S/C13H11BrN2O/c14-12-9-5-4-8-11(12)13(17)16(15)10-6-2-1-3-7-10/h1-9H,15H2. The Hall–Kier alpha value is -1.65. The molecule has 2 rings (SSSR count). The van der Waals surface area contributed by atoms with Gasteiger partial charge in [-0.3, -0.25) is 4.79 Å². The van der Waals surface area contributed by atoms with Gasteiger partial charge in [-0.2, -0.15) is 0 Å². The number of nitrogens with two attached hydrogens (primary N) is 1. The van der Waals surface area contributed by atoms with E-state index in [0.29, 0.717) is 11.3 Å². The molecule has 0 saturated heterocycles. The average Bonchev–Trinajstić information content (AvgIpc) is 2.39. The van der Waals surface area contributed by atoms with E-state index < -0.39 is 0 Å². The highest BCUT2D eigenvalue weighted by Crippen LogP contribution is 2.19. The van der Waals surface area contributed by atoms with E-state index in [1.807, 2.05) is 30.3 Å². The van der Waals surface area contributed by atoms with Crippen molar-refractivity contribution in [3.8, 4) is 0 Å². The summed E-state index contributed by atoms with van der Waals surface area (Å²) in [7, 11) is 0. The molecule has 17 heavy (non-hydrogen) atoms. The molecule has 0 unspecified atom stereocenters. The molecule has 1 amide bonds. The van der Waals surface area contributed by atoms with Crippen molar-refractivity contribution in [3.63, 3.8) is 0 Å². The molecular formula is C13H11BrN2O. The van der Waals surface area contributed by atoms with Crippen molar-refractivity contribution in [1.82, 2.24) is 0 Å². The van der Waals surface area contributed by atoms with Crippen LogP contribution in [-0.4, -0.2) is 5.91 Å². The molecule has 0 heterocycles. The van der Waals surface area contributed by atoms with Crippen LogP contribution in [0.2, 0.25) is 0 Å². The Balaban J connectivity index is 2.30. The lowest BCUT2D eigenvalue weighted by Crippen LogP contribution is -2.37. The minimum Gasteiger partial charge on any atom is -0.267 e.